The largest absolute Gasteiger partial charge is 0.472 e. The van der Waals surface area contributed by atoms with E-state index in [4.69, 9.17) is 18.5 Å². The van der Waals surface area contributed by atoms with E-state index < -0.39 is 75.7 Å². The molecule has 0 heterocycles. The number of carbonyl (C=O) groups excluding carboxylic acids is 2. The average molecular weight is 981 g/mol. The van der Waals surface area contributed by atoms with Gasteiger partial charge in [0, 0.05) is 12.8 Å². The van der Waals surface area contributed by atoms with Gasteiger partial charge in [0.15, 0.2) is 6.10 Å². The SMILES string of the molecule is CC/C=C\C/C=C\C/C=C\C/C=C\CCCCCCCCCCCCC(=O)OC(COC(=O)CCCCCCC/C=C\C/C=C\CCCCCC)COP(=O)(O)OC1C(O)C(O)C(O)C(O)C1O. The van der Waals surface area contributed by atoms with E-state index in [1.807, 2.05) is 0 Å². The fourth-order valence-corrected chi connectivity index (χ4v) is 8.58. The van der Waals surface area contributed by atoms with Crippen LogP contribution in [-0.4, -0.2) is 98.3 Å². The number of phosphoric ester groups is 1. The molecule has 6 N–H and O–H groups in total. The number of ether oxygens (including phenoxy) is 2. The predicted molar refractivity (Wildman–Crippen MR) is 272 cm³/mol. The Morgan fingerprint density at radius 2 is 0.838 bits per heavy atom. The average Bonchev–Trinajstić information content (AvgIpc) is 3.32. The van der Waals surface area contributed by atoms with Gasteiger partial charge in [-0.05, 0) is 83.5 Å². The second kappa shape index (κ2) is 43.1. The summed E-state index contributed by atoms with van der Waals surface area (Å²) in [5, 5.41) is 50.3. The summed E-state index contributed by atoms with van der Waals surface area (Å²) in [5.74, 6) is -1.12. The Kier molecular flexibility index (Phi) is 40.1. The number of aliphatic hydroxyl groups is 5. The molecule has 0 saturated heterocycles. The summed E-state index contributed by atoms with van der Waals surface area (Å²) in [6.07, 6.45) is 42.3. The van der Waals surface area contributed by atoms with Gasteiger partial charge in [-0.25, -0.2) is 4.57 Å². The standard InChI is InChI=1S/C54H93O13P/c1-3-5-7-9-11-13-15-17-19-21-22-23-24-25-26-27-29-31-33-35-37-39-41-43-48(56)66-46(45-65-68(62,63)67-54-52(60)50(58)49(57)51(59)53(54)61)44-64-47(55)42-40-38-36-34-32-30-28-20-18-16-14-12-10-8-6-4-2/h5,7,11,13-14,16-17,19-20,22-23,28,46,49-54,57-61H,3-4,6,8-10,12,15,18,21,24-27,29-45H2,1-2H3,(H,62,63)/b7-5-,13-11-,16-14-,19-17-,23-22-,28-20-. The second-order valence-electron chi connectivity index (χ2n) is 18.0. The molecule has 0 bridgehead atoms. The predicted octanol–water partition coefficient (Wildman–Crippen LogP) is 11.5. The third-order valence-electron chi connectivity index (χ3n) is 11.8. The lowest BCUT2D eigenvalue weighted by Crippen LogP contribution is -2.64. The van der Waals surface area contributed by atoms with Gasteiger partial charge in [-0.15, -0.1) is 0 Å². The number of esters is 2. The van der Waals surface area contributed by atoms with Gasteiger partial charge in [-0.2, -0.15) is 0 Å². The number of hydrogen-bond acceptors (Lipinski definition) is 12. The minimum absolute atomic E-state index is 0.0849. The zero-order valence-corrected chi connectivity index (χ0v) is 42.8. The first-order valence-corrected chi connectivity index (χ1v) is 27.7. The van der Waals surface area contributed by atoms with Crippen LogP contribution >= 0.6 is 7.82 Å². The lowest BCUT2D eigenvalue weighted by Gasteiger charge is -2.41. The van der Waals surface area contributed by atoms with E-state index in [2.05, 4.69) is 86.8 Å². The number of aliphatic hydroxyl groups excluding tert-OH is 5. The van der Waals surface area contributed by atoms with E-state index in [-0.39, 0.29) is 12.8 Å². The van der Waals surface area contributed by atoms with E-state index >= 15 is 0 Å². The third kappa shape index (κ3) is 34.6. The molecule has 0 spiro atoms. The van der Waals surface area contributed by atoms with Crippen LogP contribution in [0, 0.1) is 0 Å². The van der Waals surface area contributed by atoms with Gasteiger partial charge in [-0.1, -0.05) is 177 Å². The van der Waals surface area contributed by atoms with Crippen LogP contribution in [0.25, 0.3) is 0 Å². The molecule has 1 rings (SSSR count). The van der Waals surface area contributed by atoms with Gasteiger partial charge in [0.05, 0.1) is 6.61 Å². The maximum Gasteiger partial charge on any atom is 0.472 e. The molecule has 13 nitrogen and oxygen atoms in total. The van der Waals surface area contributed by atoms with Crippen molar-refractivity contribution in [3.63, 3.8) is 0 Å². The molecular formula is C54H93O13P. The van der Waals surface area contributed by atoms with Crippen molar-refractivity contribution in [2.75, 3.05) is 13.2 Å². The van der Waals surface area contributed by atoms with E-state index in [9.17, 15) is 44.6 Å². The normalized spacial score (nSPS) is 21.6. The summed E-state index contributed by atoms with van der Waals surface area (Å²) in [4.78, 5) is 35.9. The first-order chi connectivity index (χ1) is 32.9. The molecular weight excluding hydrogens is 888 g/mol. The molecule has 0 aromatic carbocycles. The number of phosphoric acid groups is 1. The summed E-state index contributed by atoms with van der Waals surface area (Å²) < 4.78 is 33.6. The molecule has 6 unspecified atom stereocenters. The molecule has 1 aliphatic rings. The first kappa shape index (κ1) is 63.3. The molecule has 0 aromatic heterocycles. The van der Waals surface area contributed by atoms with Crippen molar-refractivity contribution in [3.05, 3.63) is 72.9 Å². The Morgan fingerprint density at radius 1 is 0.471 bits per heavy atom. The number of unbranched alkanes of at least 4 members (excludes halogenated alkanes) is 19. The Bertz CT molecular complexity index is 1460. The number of rotatable bonds is 43. The smallest absolute Gasteiger partial charge is 0.462 e. The van der Waals surface area contributed by atoms with Gasteiger partial charge in [0.2, 0.25) is 0 Å². The maximum atomic E-state index is 12.9. The summed E-state index contributed by atoms with van der Waals surface area (Å²) in [6, 6.07) is 0. The minimum atomic E-state index is -5.13. The fourth-order valence-electron chi connectivity index (χ4n) is 7.60. The van der Waals surface area contributed by atoms with Gasteiger partial charge < -0.3 is 39.9 Å². The van der Waals surface area contributed by atoms with Crippen molar-refractivity contribution in [2.45, 2.75) is 243 Å². The number of hydrogen-bond donors (Lipinski definition) is 6. The monoisotopic (exact) mass is 981 g/mol. The van der Waals surface area contributed by atoms with Crippen LogP contribution in [0.15, 0.2) is 72.9 Å². The van der Waals surface area contributed by atoms with E-state index in [1.54, 1.807) is 0 Å². The van der Waals surface area contributed by atoms with Crippen LogP contribution in [0.2, 0.25) is 0 Å². The fraction of sp³-hybridized carbons (Fsp3) is 0.741. The van der Waals surface area contributed by atoms with E-state index in [1.165, 1.54) is 57.8 Å². The zero-order chi connectivity index (χ0) is 49.9. The molecule has 1 aliphatic carbocycles. The van der Waals surface area contributed by atoms with Crippen molar-refractivity contribution in [2.24, 2.45) is 0 Å². The molecule has 392 valence electrons. The van der Waals surface area contributed by atoms with Crippen LogP contribution in [0.3, 0.4) is 0 Å². The highest BCUT2D eigenvalue weighted by Gasteiger charge is 2.51. The molecule has 0 amide bonds. The zero-order valence-electron chi connectivity index (χ0n) is 41.9. The number of carbonyl (C=O) groups is 2. The maximum absolute atomic E-state index is 12.9. The first-order valence-electron chi connectivity index (χ1n) is 26.2. The molecule has 0 radical (unpaired) electrons. The summed E-state index contributed by atoms with van der Waals surface area (Å²) >= 11 is 0. The van der Waals surface area contributed by atoms with Crippen LogP contribution in [0.4, 0.5) is 0 Å². The third-order valence-corrected chi connectivity index (χ3v) is 12.8. The van der Waals surface area contributed by atoms with Crippen LogP contribution in [0.5, 0.6) is 0 Å². The highest BCUT2D eigenvalue weighted by molar-refractivity contribution is 7.47. The van der Waals surface area contributed by atoms with Gasteiger partial charge in [0.25, 0.3) is 0 Å². The van der Waals surface area contributed by atoms with Crippen molar-refractivity contribution in [1.82, 2.24) is 0 Å². The minimum Gasteiger partial charge on any atom is -0.462 e. The van der Waals surface area contributed by atoms with Crippen LogP contribution < -0.4 is 0 Å². The summed E-state index contributed by atoms with van der Waals surface area (Å²) in [6.45, 7) is 3.17. The van der Waals surface area contributed by atoms with Gasteiger partial charge >= 0.3 is 19.8 Å². The van der Waals surface area contributed by atoms with Gasteiger partial charge in [0.1, 0.15) is 43.2 Å². The van der Waals surface area contributed by atoms with E-state index in [0.29, 0.717) is 12.8 Å². The number of allylic oxidation sites excluding steroid dienone is 12. The summed E-state index contributed by atoms with van der Waals surface area (Å²) in [5.41, 5.74) is 0. The molecule has 1 fully saturated rings. The van der Waals surface area contributed by atoms with Crippen LogP contribution in [0.1, 0.15) is 200 Å². The highest BCUT2D eigenvalue weighted by Crippen LogP contribution is 2.47. The molecule has 0 aliphatic heterocycles. The van der Waals surface area contributed by atoms with Crippen molar-refractivity contribution >= 4 is 19.8 Å². The molecule has 0 aromatic rings. The molecule has 14 heteroatoms. The quantitative estimate of drug-likeness (QED) is 0.0146. The molecule has 1 saturated carbocycles. The van der Waals surface area contributed by atoms with Crippen molar-refractivity contribution in [3.8, 4) is 0 Å². The van der Waals surface area contributed by atoms with Crippen molar-refractivity contribution in [1.29, 1.82) is 0 Å². The summed E-state index contributed by atoms with van der Waals surface area (Å²) in [7, 11) is -5.13. The Balaban J connectivity index is 2.39. The lowest BCUT2D eigenvalue weighted by molar-refractivity contribution is -0.220. The Labute approximate surface area is 410 Å². The highest BCUT2D eigenvalue weighted by atomic mass is 31.2. The molecule has 6 atom stereocenters. The van der Waals surface area contributed by atoms with Crippen molar-refractivity contribution < 1.29 is 63.1 Å². The molecule has 68 heavy (non-hydrogen) atoms. The Morgan fingerprint density at radius 3 is 1.28 bits per heavy atom. The second-order valence-corrected chi connectivity index (χ2v) is 19.4. The lowest BCUT2D eigenvalue weighted by atomic mass is 9.85. The van der Waals surface area contributed by atoms with Gasteiger partial charge in [-0.3, -0.25) is 18.6 Å². The van der Waals surface area contributed by atoms with E-state index in [0.717, 1.165) is 103 Å². The Hall–Kier alpha value is -2.71. The topological polar surface area (TPSA) is 210 Å². The van der Waals surface area contributed by atoms with Crippen LogP contribution in [-0.2, 0) is 32.7 Å².